The maximum Gasteiger partial charge on any atom is 0.105 e. The maximum atomic E-state index is 5.37. The minimum absolute atomic E-state index is 0.0291. The fourth-order valence-corrected chi connectivity index (χ4v) is 1.80. The van der Waals surface area contributed by atoms with Crippen molar-refractivity contribution in [2.45, 2.75) is 17.4 Å². The molecule has 0 unspecified atom stereocenters. The van der Waals surface area contributed by atoms with Crippen LogP contribution < -0.4 is 0 Å². The quantitative estimate of drug-likeness (QED) is 0.559. The molecular formula is C10H11BrO. The molecule has 0 radical (unpaired) electrons. The van der Waals surface area contributed by atoms with Crippen molar-refractivity contribution in [3.63, 3.8) is 0 Å². The Balaban J connectivity index is 2.20. The number of rotatable bonds is 2. The van der Waals surface area contributed by atoms with Crippen LogP contribution in [0.2, 0.25) is 0 Å². The van der Waals surface area contributed by atoms with Crippen molar-refractivity contribution in [2.75, 3.05) is 6.61 Å². The van der Waals surface area contributed by atoms with Crippen molar-refractivity contribution in [3.05, 3.63) is 35.9 Å². The first-order valence-corrected chi connectivity index (χ1v) is 4.97. The molecule has 1 fully saturated rings. The Morgan fingerprint density at radius 3 is 2.50 bits per heavy atom. The maximum absolute atomic E-state index is 5.37. The van der Waals surface area contributed by atoms with Crippen LogP contribution in [0.1, 0.15) is 17.3 Å². The second-order valence-electron chi connectivity index (χ2n) is 3.37. The first kappa shape index (κ1) is 8.27. The minimum Gasteiger partial charge on any atom is -0.368 e. The molecule has 12 heavy (non-hydrogen) atoms. The standard InChI is InChI=1S/C10H11BrO/c1-10(7-12-10)9(11)8-5-3-2-4-6-8/h2-6,9H,7H2,1H3/t9-,10-/m1/s1. The third kappa shape index (κ3) is 1.41. The van der Waals surface area contributed by atoms with E-state index in [1.807, 2.05) is 6.07 Å². The summed E-state index contributed by atoms with van der Waals surface area (Å²) in [6.07, 6.45) is 0. The van der Waals surface area contributed by atoms with Crippen molar-refractivity contribution >= 4 is 15.9 Å². The molecule has 0 aromatic heterocycles. The van der Waals surface area contributed by atoms with E-state index in [4.69, 9.17) is 4.74 Å². The van der Waals surface area contributed by atoms with E-state index < -0.39 is 0 Å². The van der Waals surface area contributed by atoms with Gasteiger partial charge in [0.2, 0.25) is 0 Å². The topological polar surface area (TPSA) is 12.5 Å². The molecule has 1 aromatic rings. The highest BCUT2D eigenvalue weighted by Crippen LogP contribution is 2.44. The van der Waals surface area contributed by atoms with E-state index in [-0.39, 0.29) is 5.60 Å². The van der Waals surface area contributed by atoms with Gasteiger partial charge in [-0.15, -0.1) is 0 Å². The summed E-state index contributed by atoms with van der Waals surface area (Å²) in [5, 5.41) is 0. The molecule has 64 valence electrons. The van der Waals surface area contributed by atoms with Gasteiger partial charge in [-0.05, 0) is 12.5 Å². The molecule has 1 heterocycles. The molecular weight excluding hydrogens is 216 g/mol. The minimum atomic E-state index is 0.0291. The van der Waals surface area contributed by atoms with E-state index in [1.54, 1.807) is 0 Å². The summed E-state index contributed by atoms with van der Waals surface area (Å²) in [5.74, 6) is 0. The number of alkyl halides is 1. The number of hydrogen-bond acceptors (Lipinski definition) is 1. The highest BCUT2D eigenvalue weighted by atomic mass is 79.9. The third-order valence-corrected chi connectivity index (χ3v) is 3.73. The van der Waals surface area contributed by atoms with E-state index in [9.17, 15) is 0 Å². The molecule has 1 aliphatic heterocycles. The highest BCUT2D eigenvalue weighted by molar-refractivity contribution is 9.09. The van der Waals surface area contributed by atoms with Gasteiger partial charge in [0.15, 0.2) is 0 Å². The molecule has 0 saturated carbocycles. The first-order chi connectivity index (χ1) is 5.72. The predicted octanol–water partition coefficient (Wildman–Crippen LogP) is 2.91. The van der Waals surface area contributed by atoms with E-state index in [2.05, 4.69) is 47.1 Å². The van der Waals surface area contributed by atoms with Crippen LogP contribution in [-0.4, -0.2) is 12.2 Å². The Morgan fingerprint density at radius 2 is 2.00 bits per heavy atom. The molecule has 0 bridgehead atoms. The van der Waals surface area contributed by atoms with Gasteiger partial charge in [-0.3, -0.25) is 0 Å². The second-order valence-corrected chi connectivity index (χ2v) is 4.29. The smallest absolute Gasteiger partial charge is 0.105 e. The molecule has 2 heteroatoms. The Hall–Kier alpha value is -0.340. The molecule has 2 atom stereocenters. The highest BCUT2D eigenvalue weighted by Gasteiger charge is 2.46. The van der Waals surface area contributed by atoms with E-state index >= 15 is 0 Å². The second kappa shape index (κ2) is 2.86. The van der Waals surface area contributed by atoms with Crippen molar-refractivity contribution in [2.24, 2.45) is 0 Å². The number of benzene rings is 1. The molecule has 0 aliphatic carbocycles. The Kier molecular flexibility index (Phi) is 1.97. The van der Waals surface area contributed by atoms with Crippen LogP contribution in [0.3, 0.4) is 0 Å². The summed E-state index contributed by atoms with van der Waals surface area (Å²) in [4.78, 5) is 0.325. The van der Waals surface area contributed by atoms with Gasteiger partial charge in [0.25, 0.3) is 0 Å². The van der Waals surface area contributed by atoms with Gasteiger partial charge in [0.05, 0.1) is 11.4 Å². The van der Waals surface area contributed by atoms with Gasteiger partial charge in [-0.1, -0.05) is 46.3 Å². The molecule has 1 aromatic carbocycles. The normalized spacial score (nSPS) is 29.8. The zero-order chi connectivity index (χ0) is 8.60. The lowest BCUT2D eigenvalue weighted by atomic mass is 10.0. The van der Waals surface area contributed by atoms with Crippen molar-refractivity contribution < 1.29 is 4.74 Å². The van der Waals surface area contributed by atoms with Crippen LogP contribution in [0.25, 0.3) is 0 Å². The molecule has 2 rings (SSSR count). The summed E-state index contributed by atoms with van der Waals surface area (Å²) in [5.41, 5.74) is 1.32. The van der Waals surface area contributed by atoms with Gasteiger partial charge < -0.3 is 4.74 Å². The Morgan fingerprint density at radius 1 is 1.42 bits per heavy atom. The van der Waals surface area contributed by atoms with E-state index in [0.29, 0.717) is 4.83 Å². The Labute approximate surface area is 80.9 Å². The molecule has 1 nitrogen and oxygen atoms in total. The van der Waals surface area contributed by atoms with Gasteiger partial charge in [0, 0.05) is 0 Å². The van der Waals surface area contributed by atoms with Crippen molar-refractivity contribution in [1.82, 2.24) is 0 Å². The largest absolute Gasteiger partial charge is 0.368 e. The summed E-state index contributed by atoms with van der Waals surface area (Å²) in [6, 6.07) is 10.4. The average Bonchev–Trinajstić information content (AvgIpc) is 2.85. The van der Waals surface area contributed by atoms with Crippen LogP contribution in [0.4, 0.5) is 0 Å². The zero-order valence-electron chi connectivity index (χ0n) is 6.96. The third-order valence-electron chi connectivity index (χ3n) is 2.23. The Bertz CT molecular complexity index is 266. The van der Waals surface area contributed by atoms with Crippen LogP contribution in [-0.2, 0) is 4.74 Å². The lowest BCUT2D eigenvalue weighted by Crippen LogP contribution is -2.12. The summed E-state index contributed by atoms with van der Waals surface area (Å²) < 4.78 is 5.37. The lowest BCUT2D eigenvalue weighted by Gasteiger charge is -2.13. The van der Waals surface area contributed by atoms with Gasteiger partial charge in [0.1, 0.15) is 5.60 Å². The zero-order valence-corrected chi connectivity index (χ0v) is 8.54. The fraction of sp³-hybridized carbons (Fsp3) is 0.400. The molecule has 1 saturated heterocycles. The lowest BCUT2D eigenvalue weighted by molar-refractivity contribution is 0.320. The monoisotopic (exact) mass is 226 g/mol. The SMILES string of the molecule is C[C@]1([C@H](Br)c2ccccc2)CO1. The molecule has 0 amide bonds. The van der Waals surface area contributed by atoms with Gasteiger partial charge >= 0.3 is 0 Å². The number of halogens is 1. The summed E-state index contributed by atoms with van der Waals surface area (Å²) >= 11 is 3.64. The van der Waals surface area contributed by atoms with E-state index in [0.717, 1.165) is 6.61 Å². The summed E-state index contributed by atoms with van der Waals surface area (Å²) in [7, 11) is 0. The van der Waals surface area contributed by atoms with Crippen molar-refractivity contribution in [1.29, 1.82) is 0 Å². The fourth-order valence-electron chi connectivity index (χ4n) is 1.23. The average molecular weight is 227 g/mol. The van der Waals surface area contributed by atoms with Gasteiger partial charge in [-0.2, -0.15) is 0 Å². The predicted molar refractivity (Wildman–Crippen MR) is 52.5 cm³/mol. The van der Waals surface area contributed by atoms with Gasteiger partial charge in [-0.25, -0.2) is 0 Å². The summed E-state index contributed by atoms with van der Waals surface area (Å²) in [6.45, 7) is 2.98. The van der Waals surface area contributed by atoms with Crippen LogP contribution in [0, 0.1) is 0 Å². The molecule has 0 spiro atoms. The number of hydrogen-bond donors (Lipinski definition) is 0. The number of epoxide rings is 1. The molecule has 0 N–H and O–H groups in total. The van der Waals surface area contributed by atoms with Crippen LogP contribution >= 0.6 is 15.9 Å². The van der Waals surface area contributed by atoms with Crippen molar-refractivity contribution in [3.8, 4) is 0 Å². The van der Waals surface area contributed by atoms with Crippen LogP contribution in [0.15, 0.2) is 30.3 Å². The molecule has 1 aliphatic rings. The number of ether oxygens (including phenoxy) is 1. The first-order valence-electron chi connectivity index (χ1n) is 4.05. The van der Waals surface area contributed by atoms with Crippen LogP contribution in [0.5, 0.6) is 0 Å². The van der Waals surface area contributed by atoms with E-state index in [1.165, 1.54) is 5.56 Å².